The molecule has 4 heterocycles. The number of carbonyl (C=O) groups excluding carboxylic acids is 2. The monoisotopic (exact) mass is 534 g/mol. The molecule has 0 radical (unpaired) electrons. The lowest BCUT2D eigenvalue weighted by Gasteiger charge is -2.34. The minimum atomic E-state index is 0.0415. The average molecular weight is 535 g/mol. The van der Waals surface area contributed by atoms with E-state index in [9.17, 15) is 9.59 Å². The molecule has 1 amide bonds. The van der Waals surface area contributed by atoms with Crippen molar-refractivity contribution in [2.45, 2.75) is 57.7 Å². The van der Waals surface area contributed by atoms with Crippen molar-refractivity contribution < 1.29 is 9.59 Å². The number of allylic oxidation sites excluding steroid dienone is 4. The van der Waals surface area contributed by atoms with Gasteiger partial charge in [0.2, 0.25) is 0 Å². The van der Waals surface area contributed by atoms with Crippen molar-refractivity contribution in [3.8, 4) is 0 Å². The van der Waals surface area contributed by atoms with Crippen LogP contribution in [-0.4, -0.2) is 59.4 Å². The lowest BCUT2D eigenvalue weighted by Crippen LogP contribution is -2.43. The van der Waals surface area contributed by atoms with Crippen LogP contribution in [0.5, 0.6) is 0 Å². The van der Waals surface area contributed by atoms with E-state index in [1.165, 1.54) is 4.88 Å². The summed E-state index contributed by atoms with van der Waals surface area (Å²) in [6, 6.07) is 6.55. The molecule has 1 aromatic carbocycles. The van der Waals surface area contributed by atoms with Gasteiger partial charge < -0.3 is 15.1 Å². The molecule has 1 saturated heterocycles. The van der Waals surface area contributed by atoms with E-state index in [2.05, 4.69) is 47.8 Å². The number of amides is 1. The maximum atomic E-state index is 13.5. The summed E-state index contributed by atoms with van der Waals surface area (Å²) in [6.45, 7) is 4.69. The molecular formula is C29H31ClN4O2S. The minimum Gasteiger partial charge on any atom is -0.358 e. The van der Waals surface area contributed by atoms with Crippen LogP contribution < -0.4 is 5.32 Å². The number of thiophene rings is 1. The molecule has 0 unspecified atom stereocenters. The number of carbonyl (C=O) groups is 2. The minimum absolute atomic E-state index is 0.0415. The quantitative estimate of drug-likeness (QED) is 0.542. The molecule has 0 saturated carbocycles. The maximum Gasteiger partial charge on any atom is 0.256 e. The van der Waals surface area contributed by atoms with Crippen LogP contribution >= 0.6 is 22.9 Å². The Morgan fingerprint density at radius 1 is 1.27 bits per heavy atom. The average Bonchev–Trinajstić information content (AvgIpc) is 3.60. The molecule has 3 aliphatic heterocycles. The highest BCUT2D eigenvalue weighted by atomic mass is 35.5. The number of likely N-dealkylation sites (tertiary alicyclic amines) is 1. The number of hydrogen-bond acceptors (Lipinski definition) is 6. The van der Waals surface area contributed by atoms with Gasteiger partial charge in [-0.25, -0.2) is 0 Å². The highest BCUT2D eigenvalue weighted by molar-refractivity contribution is 7.09. The summed E-state index contributed by atoms with van der Waals surface area (Å²) >= 11 is 8.64. The summed E-state index contributed by atoms with van der Waals surface area (Å²) in [5.41, 5.74) is 5.61. The van der Waals surface area contributed by atoms with Crippen molar-refractivity contribution in [1.82, 2.24) is 9.80 Å². The van der Waals surface area contributed by atoms with Gasteiger partial charge in [-0.05, 0) is 69.1 Å². The maximum absolute atomic E-state index is 13.5. The molecule has 192 valence electrons. The zero-order valence-electron chi connectivity index (χ0n) is 21.2. The fourth-order valence-corrected chi connectivity index (χ4v) is 7.16. The second kappa shape index (κ2) is 9.86. The topological polar surface area (TPSA) is 65.0 Å². The van der Waals surface area contributed by atoms with Crippen LogP contribution in [-0.2, 0) is 24.2 Å². The molecule has 1 atom stereocenters. The molecule has 6 nitrogen and oxygen atoms in total. The predicted octanol–water partition coefficient (Wildman–Crippen LogP) is 5.27. The zero-order chi connectivity index (χ0) is 25.7. The van der Waals surface area contributed by atoms with Crippen LogP contribution in [0.2, 0.25) is 5.02 Å². The zero-order valence-corrected chi connectivity index (χ0v) is 22.8. The second-order valence-corrected chi connectivity index (χ2v) is 12.0. The van der Waals surface area contributed by atoms with Crippen LogP contribution in [0.25, 0.3) is 0 Å². The van der Waals surface area contributed by atoms with E-state index < -0.39 is 0 Å². The number of rotatable bonds is 4. The first-order valence-corrected chi connectivity index (χ1v) is 14.3. The first-order valence-electron chi connectivity index (χ1n) is 13.0. The Morgan fingerprint density at radius 2 is 2.08 bits per heavy atom. The Kier molecular flexibility index (Phi) is 6.55. The fraction of sp³-hybridized carbons (Fsp3) is 0.414. The Balaban J connectivity index is 1.28. The number of ketones is 1. The van der Waals surface area contributed by atoms with Crippen molar-refractivity contribution in [3.05, 3.63) is 73.6 Å². The Hall–Kier alpha value is -2.74. The van der Waals surface area contributed by atoms with Gasteiger partial charge in [-0.2, -0.15) is 0 Å². The van der Waals surface area contributed by atoms with E-state index in [4.69, 9.17) is 16.6 Å². The van der Waals surface area contributed by atoms with E-state index in [-0.39, 0.29) is 23.8 Å². The number of aliphatic imine (C=N–C) groups is 1. The van der Waals surface area contributed by atoms with E-state index in [0.29, 0.717) is 35.5 Å². The second-order valence-electron chi connectivity index (χ2n) is 10.6. The number of piperidine rings is 1. The normalized spacial score (nSPS) is 24.1. The highest BCUT2D eigenvalue weighted by Gasteiger charge is 2.38. The first kappa shape index (κ1) is 24.6. The molecule has 1 N–H and O–H groups in total. The first-order chi connectivity index (χ1) is 17.9. The van der Waals surface area contributed by atoms with Crippen molar-refractivity contribution in [1.29, 1.82) is 0 Å². The summed E-state index contributed by atoms with van der Waals surface area (Å²) in [6.07, 6.45) is 7.54. The van der Waals surface area contributed by atoms with Gasteiger partial charge in [0.25, 0.3) is 5.91 Å². The molecule has 1 aliphatic carbocycles. The van der Waals surface area contributed by atoms with Crippen molar-refractivity contribution >= 4 is 46.0 Å². The van der Waals surface area contributed by atoms with Gasteiger partial charge in [0, 0.05) is 53.7 Å². The largest absolute Gasteiger partial charge is 0.358 e. The summed E-state index contributed by atoms with van der Waals surface area (Å²) in [5, 5.41) is 6.10. The van der Waals surface area contributed by atoms with Crippen LogP contribution in [0.4, 0.5) is 5.69 Å². The number of nitrogens with zero attached hydrogens (tertiary/aromatic N) is 3. The van der Waals surface area contributed by atoms with Crippen LogP contribution in [0.3, 0.4) is 0 Å². The molecule has 4 aliphatic rings. The number of halogens is 1. The van der Waals surface area contributed by atoms with Gasteiger partial charge in [0.05, 0.1) is 27.9 Å². The SMILES string of the molecule is C[C@H](Cc1cccs1)N=C1C=CCC(=O)C1=C1Cc2c(cc3c(c2Cl)C(=O)N(C2CCN(C)CC2)C3)N1. The highest BCUT2D eigenvalue weighted by Crippen LogP contribution is 2.43. The molecular weight excluding hydrogens is 504 g/mol. The molecule has 6 rings (SSSR count). The van der Waals surface area contributed by atoms with Crippen molar-refractivity contribution in [3.63, 3.8) is 0 Å². The van der Waals surface area contributed by atoms with Crippen molar-refractivity contribution in [2.75, 3.05) is 25.5 Å². The van der Waals surface area contributed by atoms with Gasteiger partial charge in [0.1, 0.15) is 0 Å². The smallest absolute Gasteiger partial charge is 0.256 e. The third-order valence-electron chi connectivity index (χ3n) is 7.88. The summed E-state index contributed by atoms with van der Waals surface area (Å²) in [7, 11) is 2.13. The van der Waals surface area contributed by atoms with Crippen LogP contribution in [0.15, 0.2) is 52.0 Å². The van der Waals surface area contributed by atoms with Gasteiger partial charge in [-0.1, -0.05) is 23.7 Å². The number of Topliss-reactive ketones (excluding diaryl/α,β-unsaturated/α-hetero) is 1. The summed E-state index contributed by atoms with van der Waals surface area (Å²) in [5.74, 6) is 0.104. The molecule has 0 spiro atoms. The number of hydrogen-bond donors (Lipinski definition) is 1. The third kappa shape index (κ3) is 4.58. The lowest BCUT2D eigenvalue weighted by molar-refractivity contribution is -0.114. The Morgan fingerprint density at radius 3 is 2.84 bits per heavy atom. The molecule has 1 aromatic heterocycles. The Labute approximate surface area is 226 Å². The predicted molar refractivity (Wildman–Crippen MR) is 150 cm³/mol. The summed E-state index contributed by atoms with van der Waals surface area (Å²) < 4.78 is 0. The van der Waals surface area contributed by atoms with Gasteiger partial charge in [0.15, 0.2) is 5.78 Å². The Bertz CT molecular complexity index is 1350. The van der Waals surface area contributed by atoms with Gasteiger partial charge in [-0.15, -0.1) is 11.3 Å². The van der Waals surface area contributed by atoms with Gasteiger partial charge in [-0.3, -0.25) is 14.6 Å². The summed E-state index contributed by atoms with van der Waals surface area (Å²) in [4.78, 5) is 37.1. The number of benzene rings is 1. The van der Waals surface area contributed by atoms with E-state index >= 15 is 0 Å². The standard InChI is InChI=1S/C29H31ClN4O2S/c1-17(13-20-5-4-12-37-20)31-22-6-3-7-25(35)27(22)24-15-21-23(32-24)14-18-16-34(29(36)26(18)28(21)30)19-8-10-33(2)11-9-19/h3-6,12,14,17,19,32H,7-11,13,15-16H2,1-2H3/t17-/m1/s1. The molecule has 2 aromatic rings. The van der Waals surface area contributed by atoms with E-state index in [1.54, 1.807) is 11.3 Å². The van der Waals surface area contributed by atoms with Crippen LogP contribution in [0.1, 0.15) is 52.5 Å². The van der Waals surface area contributed by atoms with E-state index in [0.717, 1.165) is 60.6 Å². The molecule has 8 heteroatoms. The molecule has 0 bridgehead atoms. The van der Waals surface area contributed by atoms with Crippen molar-refractivity contribution in [2.24, 2.45) is 4.99 Å². The number of fused-ring (bicyclic) bond motifs is 2. The fourth-order valence-electron chi connectivity index (χ4n) is 5.96. The molecule has 1 fully saturated rings. The molecule has 37 heavy (non-hydrogen) atoms. The van der Waals surface area contributed by atoms with Gasteiger partial charge >= 0.3 is 0 Å². The number of nitrogens with one attached hydrogen (secondary N) is 1. The third-order valence-corrected chi connectivity index (χ3v) is 9.20. The lowest BCUT2D eigenvalue weighted by atomic mass is 9.93. The van der Waals surface area contributed by atoms with Crippen LogP contribution in [0, 0.1) is 0 Å². The number of anilines is 1. The van der Waals surface area contributed by atoms with E-state index in [1.807, 2.05) is 17.1 Å².